The summed E-state index contributed by atoms with van der Waals surface area (Å²) in [7, 11) is 0. The number of aromatic nitrogens is 2. The number of rotatable bonds is 3. The van der Waals surface area contributed by atoms with Gasteiger partial charge in [0.15, 0.2) is 0 Å². The summed E-state index contributed by atoms with van der Waals surface area (Å²) in [4.78, 5) is 8.40. The molecule has 0 spiro atoms. The molecule has 0 unspecified atom stereocenters. The summed E-state index contributed by atoms with van der Waals surface area (Å²) in [6.07, 6.45) is 5.35. The van der Waals surface area contributed by atoms with Gasteiger partial charge in [0.2, 0.25) is 0 Å². The van der Waals surface area contributed by atoms with Gasteiger partial charge in [-0.2, -0.15) is 0 Å². The predicted molar refractivity (Wildman–Crippen MR) is 77.7 cm³/mol. The first-order valence-corrected chi connectivity index (χ1v) is 6.10. The van der Waals surface area contributed by atoms with E-state index in [1.54, 1.807) is 18.6 Å². The quantitative estimate of drug-likeness (QED) is 0.702. The van der Waals surface area contributed by atoms with E-state index in [0.717, 1.165) is 28.8 Å². The molecule has 0 aliphatic rings. The molecule has 0 saturated heterocycles. The number of nitrogens with one attached hydrogen (secondary N) is 1. The van der Waals surface area contributed by atoms with Crippen LogP contribution in [0.2, 0.25) is 0 Å². The monoisotopic (exact) mass is 250 g/mol. The second-order valence-corrected chi connectivity index (χ2v) is 4.31. The van der Waals surface area contributed by atoms with Crippen molar-refractivity contribution in [2.45, 2.75) is 6.54 Å². The van der Waals surface area contributed by atoms with Gasteiger partial charge >= 0.3 is 0 Å². The zero-order chi connectivity index (χ0) is 13.1. The molecule has 1 aromatic carbocycles. The standard InChI is InChI=1S/C15H14N4/c16-13-3-4-14(15-12(13)2-1-7-18-15)19-10-11-5-8-17-9-6-11/h1-9,19H,10,16H2. The maximum Gasteiger partial charge on any atom is 0.0953 e. The van der Waals surface area contributed by atoms with Gasteiger partial charge < -0.3 is 11.1 Å². The molecule has 4 heteroatoms. The van der Waals surface area contributed by atoms with E-state index in [-0.39, 0.29) is 0 Å². The Labute approximate surface area is 111 Å². The minimum atomic E-state index is 0.734. The third-order valence-electron chi connectivity index (χ3n) is 3.04. The lowest BCUT2D eigenvalue weighted by atomic mass is 10.1. The van der Waals surface area contributed by atoms with Gasteiger partial charge in [0.1, 0.15) is 0 Å². The van der Waals surface area contributed by atoms with Crippen LogP contribution in [0.4, 0.5) is 11.4 Å². The third kappa shape index (κ3) is 2.33. The Morgan fingerprint density at radius 2 is 1.84 bits per heavy atom. The molecule has 0 saturated carbocycles. The summed E-state index contributed by atoms with van der Waals surface area (Å²) in [6, 6.07) is 11.7. The smallest absolute Gasteiger partial charge is 0.0953 e. The van der Waals surface area contributed by atoms with E-state index in [4.69, 9.17) is 5.73 Å². The minimum absolute atomic E-state index is 0.734. The number of fused-ring (bicyclic) bond motifs is 1. The van der Waals surface area contributed by atoms with Gasteiger partial charge in [-0.3, -0.25) is 9.97 Å². The number of anilines is 2. The maximum absolute atomic E-state index is 5.96. The maximum atomic E-state index is 5.96. The molecule has 0 fully saturated rings. The fourth-order valence-electron chi connectivity index (χ4n) is 2.04. The summed E-state index contributed by atoms with van der Waals surface area (Å²) in [5.41, 5.74) is 9.77. The van der Waals surface area contributed by atoms with Crippen LogP contribution in [0, 0.1) is 0 Å². The van der Waals surface area contributed by atoms with Crippen molar-refractivity contribution in [3.8, 4) is 0 Å². The van der Waals surface area contributed by atoms with Crippen molar-refractivity contribution in [3.05, 3.63) is 60.6 Å². The molecule has 3 N–H and O–H groups in total. The lowest BCUT2D eigenvalue weighted by Crippen LogP contribution is -2.01. The molecule has 0 aliphatic heterocycles. The normalized spacial score (nSPS) is 10.5. The highest BCUT2D eigenvalue weighted by atomic mass is 14.9. The van der Waals surface area contributed by atoms with Crippen LogP contribution in [0.5, 0.6) is 0 Å². The molecule has 2 heterocycles. The van der Waals surface area contributed by atoms with Crippen molar-refractivity contribution in [2.75, 3.05) is 11.1 Å². The first-order valence-electron chi connectivity index (χ1n) is 6.10. The highest BCUT2D eigenvalue weighted by molar-refractivity contribution is 5.98. The van der Waals surface area contributed by atoms with Crippen LogP contribution in [-0.2, 0) is 6.54 Å². The van der Waals surface area contributed by atoms with Crippen LogP contribution in [0.3, 0.4) is 0 Å². The molecule has 2 aromatic heterocycles. The molecule has 3 aromatic rings. The highest BCUT2D eigenvalue weighted by Crippen LogP contribution is 2.26. The van der Waals surface area contributed by atoms with Crippen LogP contribution in [0.25, 0.3) is 10.9 Å². The Balaban J connectivity index is 1.91. The summed E-state index contributed by atoms with van der Waals surface area (Å²) >= 11 is 0. The van der Waals surface area contributed by atoms with E-state index in [0.29, 0.717) is 0 Å². The number of hydrogen-bond donors (Lipinski definition) is 2. The summed E-state index contributed by atoms with van der Waals surface area (Å²) in [6.45, 7) is 0.734. The Morgan fingerprint density at radius 3 is 2.68 bits per heavy atom. The average Bonchev–Trinajstić information content (AvgIpc) is 2.48. The number of hydrogen-bond acceptors (Lipinski definition) is 4. The Kier molecular flexibility index (Phi) is 2.98. The van der Waals surface area contributed by atoms with E-state index in [9.17, 15) is 0 Å². The number of benzene rings is 1. The largest absolute Gasteiger partial charge is 0.398 e. The average molecular weight is 250 g/mol. The SMILES string of the molecule is Nc1ccc(NCc2ccncc2)c2ncccc12. The molecular weight excluding hydrogens is 236 g/mol. The molecule has 0 radical (unpaired) electrons. The zero-order valence-corrected chi connectivity index (χ0v) is 10.4. The van der Waals surface area contributed by atoms with Gasteiger partial charge in [-0.05, 0) is 42.0 Å². The van der Waals surface area contributed by atoms with Crippen LogP contribution in [0.1, 0.15) is 5.56 Å². The minimum Gasteiger partial charge on any atom is -0.398 e. The number of nitrogens with two attached hydrogens (primary N) is 1. The lowest BCUT2D eigenvalue weighted by molar-refractivity contribution is 1.13. The van der Waals surface area contributed by atoms with Crippen LogP contribution in [-0.4, -0.2) is 9.97 Å². The summed E-state index contributed by atoms with van der Waals surface area (Å²) in [5.74, 6) is 0. The number of pyridine rings is 2. The van der Waals surface area contributed by atoms with Crippen molar-refractivity contribution >= 4 is 22.3 Å². The molecule has 0 bridgehead atoms. The van der Waals surface area contributed by atoms with Gasteiger partial charge in [0, 0.05) is 36.2 Å². The van der Waals surface area contributed by atoms with Gasteiger partial charge in [0.05, 0.1) is 11.2 Å². The van der Waals surface area contributed by atoms with Crippen LogP contribution < -0.4 is 11.1 Å². The fraction of sp³-hybridized carbons (Fsp3) is 0.0667. The molecule has 94 valence electrons. The van der Waals surface area contributed by atoms with Crippen molar-refractivity contribution in [3.63, 3.8) is 0 Å². The van der Waals surface area contributed by atoms with Gasteiger partial charge in [-0.1, -0.05) is 0 Å². The van der Waals surface area contributed by atoms with Crippen molar-refractivity contribution in [2.24, 2.45) is 0 Å². The summed E-state index contributed by atoms with van der Waals surface area (Å²) in [5, 5.41) is 4.36. The Hall–Kier alpha value is -2.62. The van der Waals surface area contributed by atoms with E-state index in [1.807, 2.05) is 36.4 Å². The molecule has 0 atom stereocenters. The second kappa shape index (κ2) is 4.94. The lowest BCUT2D eigenvalue weighted by Gasteiger charge is -2.10. The molecule has 0 aliphatic carbocycles. The summed E-state index contributed by atoms with van der Waals surface area (Å²) < 4.78 is 0. The van der Waals surface area contributed by atoms with Crippen molar-refractivity contribution in [1.82, 2.24) is 9.97 Å². The predicted octanol–water partition coefficient (Wildman–Crippen LogP) is 2.82. The Bertz CT molecular complexity index is 695. The molecule has 4 nitrogen and oxygen atoms in total. The van der Waals surface area contributed by atoms with Crippen LogP contribution >= 0.6 is 0 Å². The molecule has 19 heavy (non-hydrogen) atoms. The van der Waals surface area contributed by atoms with Gasteiger partial charge in [0.25, 0.3) is 0 Å². The van der Waals surface area contributed by atoms with Crippen molar-refractivity contribution in [1.29, 1.82) is 0 Å². The van der Waals surface area contributed by atoms with Crippen molar-refractivity contribution < 1.29 is 0 Å². The Morgan fingerprint density at radius 1 is 1.00 bits per heavy atom. The first-order chi connectivity index (χ1) is 9.34. The van der Waals surface area contributed by atoms with E-state index >= 15 is 0 Å². The second-order valence-electron chi connectivity index (χ2n) is 4.31. The van der Waals surface area contributed by atoms with Gasteiger partial charge in [-0.25, -0.2) is 0 Å². The molecular formula is C15H14N4. The van der Waals surface area contributed by atoms with E-state index in [1.165, 1.54) is 5.56 Å². The van der Waals surface area contributed by atoms with E-state index < -0.39 is 0 Å². The number of nitrogens with zero attached hydrogens (tertiary/aromatic N) is 2. The molecule has 3 rings (SSSR count). The number of nitrogen functional groups attached to an aromatic ring is 1. The molecule has 0 amide bonds. The highest BCUT2D eigenvalue weighted by Gasteiger charge is 2.04. The fourth-order valence-corrected chi connectivity index (χ4v) is 2.04. The zero-order valence-electron chi connectivity index (χ0n) is 10.4. The van der Waals surface area contributed by atoms with Crippen LogP contribution in [0.15, 0.2) is 55.0 Å². The third-order valence-corrected chi connectivity index (χ3v) is 3.04. The van der Waals surface area contributed by atoms with Gasteiger partial charge in [-0.15, -0.1) is 0 Å². The van der Waals surface area contributed by atoms with E-state index in [2.05, 4.69) is 15.3 Å². The first kappa shape index (κ1) is 11.5. The topological polar surface area (TPSA) is 63.8 Å².